The summed E-state index contributed by atoms with van der Waals surface area (Å²) in [5.74, 6) is 0.790. The molecular formula is C19H28N2O5. The number of rotatable bonds is 6. The van der Waals surface area contributed by atoms with Crippen molar-refractivity contribution < 1.29 is 23.5 Å². The van der Waals surface area contributed by atoms with Crippen LogP contribution < -0.4 is 0 Å². The zero-order valence-electron chi connectivity index (χ0n) is 15.7. The second-order valence-electron chi connectivity index (χ2n) is 7.38. The summed E-state index contributed by atoms with van der Waals surface area (Å²) in [6, 6.07) is 3.50. The van der Waals surface area contributed by atoms with E-state index in [4.69, 9.17) is 9.15 Å². The summed E-state index contributed by atoms with van der Waals surface area (Å²) in [6.07, 6.45) is 3.81. The average Bonchev–Trinajstić information content (AvgIpc) is 3.11. The molecule has 1 spiro atoms. The lowest BCUT2D eigenvalue weighted by Gasteiger charge is -2.48. The van der Waals surface area contributed by atoms with Crippen molar-refractivity contribution in [2.45, 2.75) is 32.2 Å². The number of likely N-dealkylation sites (tertiary alicyclic amines) is 2. The van der Waals surface area contributed by atoms with Gasteiger partial charge in [-0.25, -0.2) is 4.79 Å². The Kier molecular flexibility index (Phi) is 5.98. The first-order chi connectivity index (χ1) is 12.5. The molecule has 0 radical (unpaired) electrons. The number of ether oxygens (including phenoxy) is 2. The molecular weight excluding hydrogens is 336 g/mol. The number of amides is 1. The van der Waals surface area contributed by atoms with Crippen LogP contribution >= 0.6 is 0 Å². The Morgan fingerprint density at radius 2 is 2.12 bits per heavy atom. The Morgan fingerprint density at radius 3 is 2.88 bits per heavy atom. The van der Waals surface area contributed by atoms with Gasteiger partial charge in [0.25, 0.3) is 0 Å². The molecule has 0 saturated carbocycles. The van der Waals surface area contributed by atoms with E-state index >= 15 is 0 Å². The lowest BCUT2D eigenvalue weighted by molar-refractivity contribution is -0.140. The average molecular weight is 364 g/mol. The molecule has 7 heteroatoms. The lowest BCUT2D eigenvalue weighted by Crippen LogP contribution is -2.54. The van der Waals surface area contributed by atoms with Crippen molar-refractivity contribution in [3.05, 3.63) is 23.7 Å². The van der Waals surface area contributed by atoms with Crippen LogP contribution in [0, 0.1) is 5.41 Å². The van der Waals surface area contributed by atoms with Gasteiger partial charge >= 0.3 is 5.97 Å². The summed E-state index contributed by atoms with van der Waals surface area (Å²) >= 11 is 0. The van der Waals surface area contributed by atoms with E-state index in [1.54, 1.807) is 13.2 Å². The number of piperidine rings is 2. The van der Waals surface area contributed by atoms with Crippen LogP contribution in [0.3, 0.4) is 0 Å². The summed E-state index contributed by atoms with van der Waals surface area (Å²) in [5.41, 5.74) is 0.150. The van der Waals surface area contributed by atoms with Crippen molar-refractivity contribution in [3.8, 4) is 0 Å². The molecule has 1 amide bonds. The third kappa shape index (κ3) is 4.27. The summed E-state index contributed by atoms with van der Waals surface area (Å²) < 4.78 is 15.4. The van der Waals surface area contributed by atoms with Gasteiger partial charge in [0, 0.05) is 38.6 Å². The van der Waals surface area contributed by atoms with Gasteiger partial charge in [0.2, 0.25) is 11.7 Å². The molecule has 2 saturated heterocycles. The standard InChI is InChI=1S/C19H28N2O5/c1-24-11-10-21-14-19(8-6-17(21)22)7-3-9-20(13-19)12-15-4-5-16(26-15)18(23)25-2/h4-5H,3,6-14H2,1-2H3/t19-/m0/s1. The number of carbonyl (C=O) groups is 2. The molecule has 144 valence electrons. The predicted octanol–water partition coefficient (Wildman–Crippen LogP) is 1.92. The second kappa shape index (κ2) is 8.22. The van der Waals surface area contributed by atoms with Crippen molar-refractivity contribution >= 4 is 11.9 Å². The molecule has 2 aliphatic heterocycles. The molecule has 2 fully saturated rings. The summed E-state index contributed by atoms with van der Waals surface area (Å²) in [4.78, 5) is 28.1. The van der Waals surface area contributed by atoms with Crippen LogP contribution in [-0.2, 0) is 20.8 Å². The highest BCUT2D eigenvalue weighted by molar-refractivity contribution is 5.86. The SMILES string of the molecule is COCCN1C[C@@]2(CCCN(Cc3ccc(C(=O)OC)o3)C2)CCC1=O. The molecule has 3 rings (SSSR count). The van der Waals surface area contributed by atoms with Crippen LogP contribution in [0.4, 0.5) is 0 Å². The van der Waals surface area contributed by atoms with Crippen molar-refractivity contribution in [3.63, 3.8) is 0 Å². The Bertz CT molecular complexity index is 644. The first-order valence-electron chi connectivity index (χ1n) is 9.21. The Hall–Kier alpha value is -1.86. The first-order valence-corrected chi connectivity index (χ1v) is 9.21. The number of hydrogen-bond acceptors (Lipinski definition) is 6. The molecule has 26 heavy (non-hydrogen) atoms. The fourth-order valence-electron chi connectivity index (χ4n) is 4.18. The van der Waals surface area contributed by atoms with E-state index < -0.39 is 5.97 Å². The number of nitrogens with zero attached hydrogens (tertiary/aromatic N) is 2. The third-order valence-electron chi connectivity index (χ3n) is 5.48. The molecule has 0 aliphatic carbocycles. The van der Waals surface area contributed by atoms with Gasteiger partial charge in [-0.15, -0.1) is 0 Å². The Balaban J connectivity index is 1.62. The normalized spacial score (nSPS) is 24.2. The highest BCUT2D eigenvalue weighted by Crippen LogP contribution is 2.39. The van der Waals surface area contributed by atoms with Gasteiger partial charge in [0.05, 0.1) is 20.3 Å². The van der Waals surface area contributed by atoms with Gasteiger partial charge in [-0.05, 0) is 37.9 Å². The van der Waals surface area contributed by atoms with Gasteiger partial charge in [0.1, 0.15) is 5.76 Å². The van der Waals surface area contributed by atoms with Crippen LogP contribution in [0.15, 0.2) is 16.5 Å². The minimum absolute atomic E-state index is 0.150. The van der Waals surface area contributed by atoms with Crippen LogP contribution in [-0.4, -0.2) is 68.7 Å². The monoisotopic (exact) mass is 364 g/mol. The van der Waals surface area contributed by atoms with Gasteiger partial charge in [-0.1, -0.05) is 0 Å². The molecule has 0 N–H and O–H groups in total. The minimum atomic E-state index is -0.453. The third-order valence-corrected chi connectivity index (χ3v) is 5.48. The highest BCUT2D eigenvalue weighted by Gasteiger charge is 2.41. The highest BCUT2D eigenvalue weighted by atomic mass is 16.5. The number of methoxy groups -OCH3 is 2. The quantitative estimate of drug-likeness (QED) is 0.718. The van der Waals surface area contributed by atoms with Gasteiger partial charge in [0.15, 0.2) is 0 Å². The summed E-state index contributed by atoms with van der Waals surface area (Å²) in [7, 11) is 3.01. The molecule has 1 aromatic rings. The zero-order valence-corrected chi connectivity index (χ0v) is 15.7. The summed E-state index contributed by atoms with van der Waals surface area (Å²) in [5, 5.41) is 0. The van der Waals surface area contributed by atoms with Gasteiger partial charge < -0.3 is 18.8 Å². The van der Waals surface area contributed by atoms with Crippen LogP contribution in [0.25, 0.3) is 0 Å². The molecule has 0 unspecified atom stereocenters. The molecule has 3 heterocycles. The van der Waals surface area contributed by atoms with Crippen molar-refractivity contribution in [1.82, 2.24) is 9.80 Å². The van der Waals surface area contributed by atoms with Crippen LogP contribution in [0.1, 0.15) is 42.0 Å². The number of esters is 1. The predicted molar refractivity (Wildman–Crippen MR) is 94.7 cm³/mol. The van der Waals surface area contributed by atoms with Crippen molar-refractivity contribution in [2.24, 2.45) is 5.41 Å². The van der Waals surface area contributed by atoms with E-state index in [-0.39, 0.29) is 17.1 Å². The Morgan fingerprint density at radius 1 is 1.27 bits per heavy atom. The molecule has 0 aromatic carbocycles. The van der Waals surface area contributed by atoms with E-state index in [1.165, 1.54) is 7.11 Å². The maximum Gasteiger partial charge on any atom is 0.373 e. The van der Waals surface area contributed by atoms with E-state index in [1.807, 2.05) is 11.0 Å². The van der Waals surface area contributed by atoms with E-state index in [2.05, 4.69) is 9.64 Å². The van der Waals surface area contributed by atoms with Crippen LogP contribution in [0.2, 0.25) is 0 Å². The fourth-order valence-corrected chi connectivity index (χ4v) is 4.18. The molecule has 2 aliphatic rings. The number of hydrogen-bond donors (Lipinski definition) is 0. The smallest absolute Gasteiger partial charge is 0.373 e. The van der Waals surface area contributed by atoms with E-state index in [9.17, 15) is 9.59 Å². The van der Waals surface area contributed by atoms with Crippen molar-refractivity contribution in [1.29, 1.82) is 0 Å². The molecule has 0 bridgehead atoms. The maximum absolute atomic E-state index is 12.2. The van der Waals surface area contributed by atoms with Gasteiger partial charge in [-0.2, -0.15) is 0 Å². The van der Waals surface area contributed by atoms with E-state index in [0.717, 1.165) is 44.7 Å². The van der Waals surface area contributed by atoms with Crippen molar-refractivity contribution in [2.75, 3.05) is 47.0 Å². The number of carbonyl (C=O) groups excluding carboxylic acids is 2. The maximum atomic E-state index is 12.2. The minimum Gasteiger partial charge on any atom is -0.463 e. The molecule has 1 atom stereocenters. The van der Waals surface area contributed by atoms with E-state index in [0.29, 0.717) is 26.1 Å². The largest absolute Gasteiger partial charge is 0.463 e. The molecule has 7 nitrogen and oxygen atoms in total. The number of furan rings is 1. The van der Waals surface area contributed by atoms with Gasteiger partial charge in [-0.3, -0.25) is 9.69 Å². The Labute approximate surface area is 154 Å². The van der Waals surface area contributed by atoms with Crippen LogP contribution in [0.5, 0.6) is 0 Å². The second-order valence-corrected chi connectivity index (χ2v) is 7.38. The zero-order chi connectivity index (χ0) is 18.6. The lowest BCUT2D eigenvalue weighted by atomic mass is 9.73. The fraction of sp³-hybridized carbons (Fsp3) is 0.684. The topological polar surface area (TPSA) is 72.2 Å². The summed E-state index contributed by atoms with van der Waals surface area (Å²) in [6.45, 7) is 4.66. The molecule has 1 aromatic heterocycles. The first kappa shape index (κ1) is 18.9.